The molecule has 66 valence electrons. The molecule has 12 heavy (non-hydrogen) atoms. The summed E-state index contributed by atoms with van der Waals surface area (Å²) in [6.07, 6.45) is -0.0984. The van der Waals surface area contributed by atoms with E-state index in [0.717, 1.165) is 0 Å². The maximum absolute atomic E-state index is 11.1. The van der Waals surface area contributed by atoms with Gasteiger partial charge >= 0.3 is 0 Å². The fraction of sp³-hybridized carbons (Fsp3) is 0.500. The molecule has 1 heterocycles. The Bertz CT molecular complexity index is 254. The molecule has 0 aliphatic carbocycles. The molecule has 0 aromatic carbocycles. The molecule has 2 unspecified atom stereocenters. The van der Waals surface area contributed by atoms with Crippen LogP contribution in [0.15, 0.2) is 11.8 Å². The molecular weight excluding hydrogens is 160 g/mol. The fourth-order valence-electron chi connectivity index (χ4n) is 1.12. The Morgan fingerprint density at radius 1 is 1.67 bits per heavy atom. The van der Waals surface area contributed by atoms with Crippen molar-refractivity contribution in [2.24, 2.45) is 5.92 Å². The molecule has 1 aliphatic rings. The molecule has 0 spiro atoms. The summed E-state index contributed by atoms with van der Waals surface area (Å²) >= 11 is 0. The van der Waals surface area contributed by atoms with Crippen LogP contribution in [0.4, 0.5) is 0 Å². The molecule has 0 saturated carbocycles. The lowest BCUT2D eigenvalue weighted by Crippen LogP contribution is -2.37. The molecule has 0 bridgehead atoms. The van der Waals surface area contributed by atoms with E-state index >= 15 is 0 Å². The van der Waals surface area contributed by atoms with Crippen LogP contribution in [0.25, 0.3) is 0 Å². The van der Waals surface area contributed by atoms with Gasteiger partial charge in [-0.05, 0) is 13.8 Å². The second-order valence-corrected chi connectivity index (χ2v) is 2.75. The minimum absolute atomic E-state index is 0.338. The molecule has 1 N–H and O–H groups in total. The van der Waals surface area contributed by atoms with Crippen molar-refractivity contribution in [2.75, 3.05) is 0 Å². The van der Waals surface area contributed by atoms with Crippen LogP contribution in [0.1, 0.15) is 13.8 Å². The van der Waals surface area contributed by atoms with E-state index < -0.39 is 18.0 Å². The average molecular weight is 170 g/mol. The van der Waals surface area contributed by atoms with E-state index in [1.54, 1.807) is 6.92 Å². The van der Waals surface area contributed by atoms with Gasteiger partial charge in [-0.1, -0.05) is 0 Å². The number of aliphatic hydroxyl groups excluding tert-OH is 1. The van der Waals surface area contributed by atoms with Gasteiger partial charge in [-0.25, -0.2) is 0 Å². The summed E-state index contributed by atoms with van der Waals surface area (Å²) in [6, 6.07) is 0. The second-order valence-electron chi connectivity index (χ2n) is 2.75. The first-order valence-corrected chi connectivity index (χ1v) is 3.59. The Morgan fingerprint density at radius 2 is 2.25 bits per heavy atom. The van der Waals surface area contributed by atoms with Crippen LogP contribution < -0.4 is 0 Å². The van der Waals surface area contributed by atoms with Gasteiger partial charge in [-0.15, -0.1) is 0 Å². The molecular formula is C8H10O4. The van der Waals surface area contributed by atoms with E-state index in [4.69, 9.17) is 4.74 Å². The number of hydrogen-bond acceptors (Lipinski definition) is 4. The van der Waals surface area contributed by atoms with Crippen molar-refractivity contribution in [2.45, 2.75) is 20.1 Å². The first-order chi connectivity index (χ1) is 5.52. The lowest BCUT2D eigenvalue weighted by Gasteiger charge is -2.23. The minimum Gasteiger partial charge on any atom is -0.468 e. The van der Waals surface area contributed by atoms with E-state index in [-0.39, 0.29) is 5.78 Å². The fourth-order valence-corrected chi connectivity index (χ4v) is 1.12. The highest BCUT2D eigenvalue weighted by Crippen LogP contribution is 2.18. The summed E-state index contributed by atoms with van der Waals surface area (Å²) in [5.74, 6) is -1.48. The van der Waals surface area contributed by atoms with Gasteiger partial charge in [0.25, 0.3) is 0 Å². The Balaban J connectivity index is 2.90. The van der Waals surface area contributed by atoms with E-state index in [0.29, 0.717) is 5.76 Å². The molecule has 0 saturated heterocycles. The molecule has 0 radical (unpaired) electrons. The summed E-state index contributed by atoms with van der Waals surface area (Å²) < 4.78 is 4.81. The largest absolute Gasteiger partial charge is 0.468 e. The van der Waals surface area contributed by atoms with Gasteiger partial charge < -0.3 is 9.84 Å². The van der Waals surface area contributed by atoms with Crippen LogP contribution >= 0.6 is 0 Å². The number of carbonyl (C=O) groups is 2. The number of ketones is 2. The van der Waals surface area contributed by atoms with Crippen LogP contribution in [0.5, 0.6) is 0 Å². The molecule has 1 rings (SSSR count). The quantitative estimate of drug-likeness (QED) is 0.563. The van der Waals surface area contributed by atoms with Crippen molar-refractivity contribution in [3.63, 3.8) is 0 Å². The molecule has 0 aromatic heterocycles. The maximum atomic E-state index is 11.1. The van der Waals surface area contributed by atoms with Crippen molar-refractivity contribution in [1.29, 1.82) is 0 Å². The van der Waals surface area contributed by atoms with Gasteiger partial charge in [0.05, 0.1) is 0 Å². The van der Waals surface area contributed by atoms with Crippen molar-refractivity contribution in [3.8, 4) is 0 Å². The predicted octanol–water partition coefficient (Wildman–Crippen LogP) is 0.0131. The molecule has 0 aromatic rings. The summed E-state index contributed by atoms with van der Waals surface area (Å²) in [5.41, 5.74) is 0. The van der Waals surface area contributed by atoms with Crippen LogP contribution in [0.3, 0.4) is 0 Å². The van der Waals surface area contributed by atoms with Crippen molar-refractivity contribution in [1.82, 2.24) is 0 Å². The SMILES string of the molecule is CC(=O)C1C(=O)C=C(C)OC1O. The van der Waals surface area contributed by atoms with Crippen LogP contribution in [0.2, 0.25) is 0 Å². The number of allylic oxidation sites excluding steroid dienone is 2. The highest BCUT2D eigenvalue weighted by atomic mass is 16.6. The molecule has 4 heteroatoms. The third-order valence-electron chi connectivity index (χ3n) is 1.68. The van der Waals surface area contributed by atoms with Gasteiger partial charge in [0.15, 0.2) is 5.78 Å². The number of hydrogen-bond donors (Lipinski definition) is 1. The lowest BCUT2D eigenvalue weighted by molar-refractivity contribution is -0.155. The summed E-state index contributed by atoms with van der Waals surface area (Å²) in [6.45, 7) is 2.81. The van der Waals surface area contributed by atoms with Gasteiger partial charge in [-0.2, -0.15) is 0 Å². The zero-order valence-electron chi connectivity index (χ0n) is 6.90. The topological polar surface area (TPSA) is 63.6 Å². The highest BCUT2D eigenvalue weighted by Gasteiger charge is 2.34. The molecule has 2 atom stereocenters. The Hall–Kier alpha value is -1.16. The van der Waals surface area contributed by atoms with Crippen LogP contribution in [0, 0.1) is 5.92 Å². The standard InChI is InChI=1S/C8H10O4/c1-4-3-6(10)7(5(2)9)8(11)12-4/h3,7-8,11H,1-2H3. The zero-order chi connectivity index (χ0) is 9.30. The predicted molar refractivity (Wildman–Crippen MR) is 40.0 cm³/mol. The summed E-state index contributed by atoms with van der Waals surface area (Å²) in [5, 5.41) is 9.18. The van der Waals surface area contributed by atoms with E-state index in [1.165, 1.54) is 13.0 Å². The Labute approximate surface area is 69.8 Å². The monoisotopic (exact) mass is 170 g/mol. The lowest BCUT2D eigenvalue weighted by atomic mass is 9.97. The first-order valence-electron chi connectivity index (χ1n) is 3.59. The number of ether oxygens (including phenoxy) is 1. The van der Waals surface area contributed by atoms with Gasteiger partial charge in [0, 0.05) is 6.08 Å². The maximum Gasteiger partial charge on any atom is 0.214 e. The third kappa shape index (κ3) is 1.53. The first kappa shape index (κ1) is 8.93. The van der Waals surface area contributed by atoms with Gasteiger partial charge in [0.1, 0.15) is 17.5 Å². The van der Waals surface area contributed by atoms with E-state index in [2.05, 4.69) is 0 Å². The van der Waals surface area contributed by atoms with Crippen molar-refractivity contribution in [3.05, 3.63) is 11.8 Å². The minimum atomic E-state index is -1.32. The van der Waals surface area contributed by atoms with E-state index in [1.807, 2.05) is 0 Å². The van der Waals surface area contributed by atoms with Crippen molar-refractivity contribution < 1.29 is 19.4 Å². The van der Waals surface area contributed by atoms with E-state index in [9.17, 15) is 14.7 Å². The van der Waals surface area contributed by atoms with Crippen LogP contribution in [-0.2, 0) is 14.3 Å². The average Bonchev–Trinajstić information content (AvgIpc) is 1.82. The van der Waals surface area contributed by atoms with Crippen LogP contribution in [-0.4, -0.2) is 23.0 Å². The highest BCUT2D eigenvalue weighted by molar-refractivity contribution is 6.07. The summed E-state index contributed by atoms with van der Waals surface area (Å²) in [4.78, 5) is 22.0. The summed E-state index contributed by atoms with van der Waals surface area (Å²) in [7, 11) is 0. The normalized spacial score (nSPS) is 29.2. The number of rotatable bonds is 1. The number of Topliss-reactive ketones (excluding diaryl/α,β-unsaturated/α-hetero) is 1. The second kappa shape index (κ2) is 3.06. The van der Waals surface area contributed by atoms with Crippen molar-refractivity contribution >= 4 is 11.6 Å². The molecule has 4 nitrogen and oxygen atoms in total. The molecule has 0 amide bonds. The zero-order valence-corrected chi connectivity index (χ0v) is 6.90. The third-order valence-corrected chi connectivity index (χ3v) is 1.68. The Kier molecular flexibility index (Phi) is 2.28. The molecule has 0 fully saturated rings. The van der Waals surface area contributed by atoms with Gasteiger partial charge in [-0.3, -0.25) is 9.59 Å². The number of carbonyl (C=O) groups excluding carboxylic acids is 2. The smallest absolute Gasteiger partial charge is 0.214 e. The molecule has 1 aliphatic heterocycles. The Morgan fingerprint density at radius 3 is 2.67 bits per heavy atom. The number of aliphatic hydroxyl groups is 1. The van der Waals surface area contributed by atoms with Gasteiger partial charge in [0.2, 0.25) is 6.29 Å².